The lowest BCUT2D eigenvalue weighted by Gasteiger charge is -2.10. The van der Waals surface area contributed by atoms with Crippen LogP contribution in [0.4, 0.5) is 5.69 Å². The molecule has 3 rings (SSSR count). The molecule has 0 saturated heterocycles. The number of amides is 1. The second-order valence-electron chi connectivity index (χ2n) is 6.28. The number of ether oxygens (including phenoxy) is 1. The van der Waals surface area contributed by atoms with E-state index in [2.05, 4.69) is 15.5 Å². The molecule has 27 heavy (non-hydrogen) atoms. The number of anilines is 1. The van der Waals surface area contributed by atoms with Crippen LogP contribution in [0.5, 0.6) is 5.75 Å². The van der Waals surface area contributed by atoms with Crippen molar-refractivity contribution in [1.82, 2.24) is 10.1 Å². The van der Waals surface area contributed by atoms with Gasteiger partial charge in [0, 0.05) is 24.1 Å². The molecule has 0 fully saturated rings. The van der Waals surface area contributed by atoms with Gasteiger partial charge < -0.3 is 14.6 Å². The number of carbonyl (C=O) groups is 1. The molecule has 1 N–H and O–H groups in total. The van der Waals surface area contributed by atoms with E-state index in [1.165, 1.54) is 0 Å². The fourth-order valence-corrected chi connectivity index (χ4v) is 2.77. The van der Waals surface area contributed by atoms with Crippen molar-refractivity contribution < 1.29 is 14.1 Å². The van der Waals surface area contributed by atoms with Crippen LogP contribution in [0.15, 0.2) is 47.0 Å². The summed E-state index contributed by atoms with van der Waals surface area (Å²) in [6, 6.07) is 13.4. The van der Waals surface area contributed by atoms with Gasteiger partial charge in [-0.05, 0) is 56.2 Å². The molecule has 2 aromatic carbocycles. The molecule has 0 aliphatic rings. The van der Waals surface area contributed by atoms with Crippen LogP contribution >= 0.6 is 0 Å². The van der Waals surface area contributed by atoms with Crippen LogP contribution in [-0.2, 0) is 11.2 Å². The summed E-state index contributed by atoms with van der Waals surface area (Å²) < 4.78 is 10.7. The van der Waals surface area contributed by atoms with Crippen LogP contribution in [0.3, 0.4) is 0 Å². The third-order valence-corrected chi connectivity index (χ3v) is 4.20. The van der Waals surface area contributed by atoms with Gasteiger partial charge in [-0.1, -0.05) is 23.4 Å². The number of nitrogens with one attached hydrogen (secondary N) is 1. The van der Waals surface area contributed by atoms with Gasteiger partial charge in [-0.15, -0.1) is 0 Å². The van der Waals surface area contributed by atoms with E-state index in [4.69, 9.17) is 9.26 Å². The Balaban J connectivity index is 1.58. The molecule has 0 unspecified atom stereocenters. The van der Waals surface area contributed by atoms with Gasteiger partial charge in [-0.25, -0.2) is 0 Å². The number of hydrogen-bond donors (Lipinski definition) is 1. The molecule has 1 amide bonds. The van der Waals surface area contributed by atoms with Crippen molar-refractivity contribution in [3.63, 3.8) is 0 Å². The Kier molecular flexibility index (Phi) is 5.86. The van der Waals surface area contributed by atoms with Crippen LogP contribution in [-0.4, -0.2) is 22.7 Å². The van der Waals surface area contributed by atoms with Crippen molar-refractivity contribution in [2.45, 2.75) is 33.6 Å². The van der Waals surface area contributed by atoms with Gasteiger partial charge in [0.15, 0.2) is 0 Å². The molecule has 0 radical (unpaired) electrons. The Hall–Kier alpha value is -3.15. The van der Waals surface area contributed by atoms with Crippen molar-refractivity contribution in [3.05, 3.63) is 59.5 Å². The summed E-state index contributed by atoms with van der Waals surface area (Å²) in [5.41, 5.74) is 3.79. The number of benzene rings is 2. The Labute approximate surface area is 158 Å². The molecule has 0 saturated carbocycles. The minimum atomic E-state index is -0.0757. The number of rotatable bonds is 7. The first-order valence-electron chi connectivity index (χ1n) is 8.98. The molecule has 140 valence electrons. The van der Waals surface area contributed by atoms with Gasteiger partial charge in [0.25, 0.3) is 0 Å². The lowest BCUT2D eigenvalue weighted by molar-refractivity contribution is -0.116. The summed E-state index contributed by atoms with van der Waals surface area (Å²) in [4.78, 5) is 16.6. The van der Waals surface area contributed by atoms with Gasteiger partial charge in [0.2, 0.25) is 17.6 Å². The fraction of sp³-hybridized carbons (Fsp3) is 0.286. The van der Waals surface area contributed by atoms with E-state index in [-0.39, 0.29) is 12.3 Å². The zero-order valence-corrected chi connectivity index (χ0v) is 15.8. The summed E-state index contributed by atoms with van der Waals surface area (Å²) in [7, 11) is 0. The predicted octanol–water partition coefficient (Wildman–Crippen LogP) is 4.32. The summed E-state index contributed by atoms with van der Waals surface area (Å²) in [5, 5.41) is 6.96. The van der Waals surface area contributed by atoms with Crippen molar-refractivity contribution >= 4 is 11.6 Å². The van der Waals surface area contributed by atoms with E-state index >= 15 is 0 Å². The van der Waals surface area contributed by atoms with Crippen LogP contribution in [0.25, 0.3) is 11.4 Å². The van der Waals surface area contributed by atoms with Gasteiger partial charge in [-0.3, -0.25) is 4.79 Å². The Morgan fingerprint density at radius 3 is 2.48 bits per heavy atom. The summed E-state index contributed by atoms with van der Waals surface area (Å²) in [5.74, 6) is 1.67. The second-order valence-corrected chi connectivity index (χ2v) is 6.28. The first kappa shape index (κ1) is 18.6. The summed E-state index contributed by atoms with van der Waals surface area (Å²) in [6.07, 6.45) is 0.666. The van der Waals surface area contributed by atoms with Crippen molar-refractivity contribution in [2.75, 3.05) is 11.9 Å². The fourth-order valence-electron chi connectivity index (χ4n) is 2.77. The highest BCUT2D eigenvalue weighted by atomic mass is 16.5. The van der Waals surface area contributed by atoms with Gasteiger partial charge in [0.05, 0.1) is 6.61 Å². The average Bonchev–Trinajstić information content (AvgIpc) is 3.13. The minimum absolute atomic E-state index is 0.0757. The Morgan fingerprint density at radius 1 is 1.11 bits per heavy atom. The number of carbonyl (C=O) groups excluding carboxylic acids is 1. The average molecular weight is 365 g/mol. The molecule has 0 spiro atoms. The van der Waals surface area contributed by atoms with E-state index in [1.807, 2.05) is 63.2 Å². The maximum Gasteiger partial charge on any atom is 0.227 e. The number of para-hydroxylation sites is 1. The van der Waals surface area contributed by atoms with Gasteiger partial charge in [0.1, 0.15) is 5.75 Å². The molecule has 0 bridgehead atoms. The van der Waals surface area contributed by atoms with Crippen LogP contribution in [0.2, 0.25) is 0 Å². The van der Waals surface area contributed by atoms with Crippen LogP contribution < -0.4 is 10.1 Å². The highest BCUT2D eigenvalue weighted by Gasteiger charge is 2.12. The van der Waals surface area contributed by atoms with E-state index in [0.717, 1.165) is 28.1 Å². The van der Waals surface area contributed by atoms with Crippen LogP contribution in [0.1, 0.15) is 30.4 Å². The molecule has 6 heteroatoms. The summed E-state index contributed by atoms with van der Waals surface area (Å²) >= 11 is 0. The van der Waals surface area contributed by atoms with Crippen LogP contribution in [0, 0.1) is 13.8 Å². The lowest BCUT2D eigenvalue weighted by atomic mass is 10.1. The lowest BCUT2D eigenvalue weighted by Crippen LogP contribution is -2.14. The van der Waals surface area contributed by atoms with Crippen molar-refractivity contribution in [1.29, 1.82) is 0 Å². The largest absolute Gasteiger partial charge is 0.494 e. The van der Waals surface area contributed by atoms with Crippen molar-refractivity contribution in [2.24, 2.45) is 0 Å². The van der Waals surface area contributed by atoms with Gasteiger partial charge >= 0.3 is 0 Å². The first-order chi connectivity index (χ1) is 13.1. The standard InChI is InChI=1S/C21H23N3O3/c1-4-26-17-10-8-16(9-11-17)21-23-19(27-24-21)13-12-18(25)22-20-14(2)6-5-7-15(20)3/h5-11H,4,12-13H2,1-3H3,(H,22,25). The molecule has 3 aromatic rings. The molecule has 0 aliphatic carbocycles. The minimum Gasteiger partial charge on any atom is -0.494 e. The topological polar surface area (TPSA) is 77.2 Å². The molecule has 1 aromatic heterocycles. The van der Waals surface area contributed by atoms with E-state index in [0.29, 0.717) is 24.7 Å². The zero-order chi connectivity index (χ0) is 19.2. The Morgan fingerprint density at radius 2 is 1.81 bits per heavy atom. The van der Waals surface area contributed by atoms with Gasteiger partial charge in [-0.2, -0.15) is 4.98 Å². The maximum absolute atomic E-state index is 12.3. The highest BCUT2D eigenvalue weighted by Crippen LogP contribution is 2.21. The molecular weight excluding hydrogens is 342 g/mol. The highest BCUT2D eigenvalue weighted by molar-refractivity contribution is 5.92. The van der Waals surface area contributed by atoms with Crippen molar-refractivity contribution in [3.8, 4) is 17.1 Å². The van der Waals surface area contributed by atoms with E-state index in [1.54, 1.807) is 0 Å². The molecule has 1 heterocycles. The first-order valence-corrected chi connectivity index (χ1v) is 8.98. The monoisotopic (exact) mass is 365 g/mol. The predicted molar refractivity (Wildman–Crippen MR) is 104 cm³/mol. The molecular formula is C21H23N3O3. The van der Waals surface area contributed by atoms with E-state index < -0.39 is 0 Å². The van der Waals surface area contributed by atoms with E-state index in [9.17, 15) is 4.79 Å². The quantitative estimate of drug-likeness (QED) is 0.674. The maximum atomic E-state index is 12.3. The molecule has 6 nitrogen and oxygen atoms in total. The number of aryl methyl sites for hydroxylation is 3. The normalized spacial score (nSPS) is 10.6. The second kappa shape index (κ2) is 8.49. The number of hydrogen-bond acceptors (Lipinski definition) is 5. The third-order valence-electron chi connectivity index (χ3n) is 4.20. The summed E-state index contributed by atoms with van der Waals surface area (Å²) in [6.45, 7) is 6.51. The Bertz CT molecular complexity index is 896. The number of nitrogens with zero attached hydrogens (tertiary/aromatic N) is 2. The molecule has 0 atom stereocenters. The SMILES string of the molecule is CCOc1ccc(-c2noc(CCC(=O)Nc3c(C)cccc3C)n2)cc1. The smallest absolute Gasteiger partial charge is 0.227 e. The zero-order valence-electron chi connectivity index (χ0n) is 15.8. The third kappa shape index (κ3) is 4.73. The number of aromatic nitrogens is 2. The molecule has 0 aliphatic heterocycles.